The molecule has 0 bridgehead atoms. The average Bonchev–Trinajstić information content (AvgIpc) is 2.79. The van der Waals surface area contributed by atoms with E-state index in [9.17, 15) is 4.39 Å². The Kier molecular flexibility index (Phi) is 4.63. The van der Waals surface area contributed by atoms with E-state index in [0.29, 0.717) is 5.02 Å². The summed E-state index contributed by atoms with van der Waals surface area (Å²) in [6.07, 6.45) is 3.75. The number of hydrogen-bond donors (Lipinski definition) is 1. The Bertz CT molecular complexity index is 364. The van der Waals surface area contributed by atoms with Crippen LogP contribution < -0.4 is 5.32 Å². The molecule has 1 aromatic carbocycles. The molecule has 4 heteroatoms. The Morgan fingerprint density at radius 2 is 2.06 bits per heavy atom. The van der Waals surface area contributed by atoms with E-state index in [-0.39, 0.29) is 5.82 Å². The van der Waals surface area contributed by atoms with Crippen LogP contribution in [0.25, 0.3) is 0 Å². The molecule has 1 saturated heterocycles. The van der Waals surface area contributed by atoms with E-state index in [1.165, 1.54) is 38.1 Å². The van der Waals surface area contributed by atoms with Crippen LogP contribution in [-0.2, 0) is 0 Å². The van der Waals surface area contributed by atoms with E-state index >= 15 is 0 Å². The summed E-state index contributed by atoms with van der Waals surface area (Å²) in [6, 6.07) is 4.45. The standard InChI is InChI=1S/C13H18ClFN2/c14-12-10-11(15)4-5-13(12)16-6-3-9-17-7-1-2-8-17/h4-5,10,16H,1-3,6-9H2. The Morgan fingerprint density at radius 1 is 1.29 bits per heavy atom. The van der Waals surface area contributed by atoms with Crippen molar-refractivity contribution in [1.29, 1.82) is 0 Å². The van der Waals surface area contributed by atoms with Crippen molar-refractivity contribution in [3.8, 4) is 0 Å². The highest BCUT2D eigenvalue weighted by atomic mass is 35.5. The minimum absolute atomic E-state index is 0.294. The highest BCUT2D eigenvalue weighted by Gasteiger charge is 2.10. The van der Waals surface area contributed by atoms with Crippen LogP contribution >= 0.6 is 11.6 Å². The highest BCUT2D eigenvalue weighted by Crippen LogP contribution is 2.22. The maximum absolute atomic E-state index is 12.8. The average molecular weight is 257 g/mol. The zero-order valence-electron chi connectivity index (χ0n) is 9.88. The van der Waals surface area contributed by atoms with Gasteiger partial charge in [-0.2, -0.15) is 0 Å². The van der Waals surface area contributed by atoms with E-state index in [0.717, 1.165) is 25.2 Å². The zero-order chi connectivity index (χ0) is 12.1. The Hall–Kier alpha value is -0.800. The van der Waals surface area contributed by atoms with Gasteiger partial charge in [0.25, 0.3) is 0 Å². The van der Waals surface area contributed by atoms with Gasteiger partial charge in [0.2, 0.25) is 0 Å². The molecule has 94 valence electrons. The van der Waals surface area contributed by atoms with E-state index in [4.69, 9.17) is 11.6 Å². The van der Waals surface area contributed by atoms with Crippen LogP contribution in [0.4, 0.5) is 10.1 Å². The third-order valence-electron chi connectivity index (χ3n) is 3.10. The normalized spacial score (nSPS) is 16.4. The van der Waals surface area contributed by atoms with E-state index in [1.807, 2.05) is 0 Å². The molecule has 0 radical (unpaired) electrons. The summed E-state index contributed by atoms with van der Waals surface area (Å²) in [5.74, 6) is -0.294. The van der Waals surface area contributed by atoms with Crippen LogP contribution in [0.2, 0.25) is 5.02 Å². The second-order valence-electron chi connectivity index (χ2n) is 4.45. The molecule has 0 saturated carbocycles. The summed E-state index contributed by atoms with van der Waals surface area (Å²) in [7, 11) is 0. The molecule has 0 unspecified atom stereocenters. The van der Waals surface area contributed by atoms with Crippen molar-refractivity contribution >= 4 is 17.3 Å². The molecule has 1 fully saturated rings. The van der Waals surface area contributed by atoms with Gasteiger partial charge >= 0.3 is 0 Å². The molecule has 0 spiro atoms. The molecule has 1 aliphatic heterocycles. The van der Waals surface area contributed by atoms with Gasteiger partial charge in [0.1, 0.15) is 5.82 Å². The number of rotatable bonds is 5. The Morgan fingerprint density at radius 3 is 2.76 bits per heavy atom. The number of nitrogens with one attached hydrogen (secondary N) is 1. The minimum atomic E-state index is -0.294. The fourth-order valence-corrected chi connectivity index (χ4v) is 2.40. The third kappa shape index (κ3) is 3.86. The van der Waals surface area contributed by atoms with Gasteiger partial charge in [0.05, 0.1) is 10.7 Å². The summed E-state index contributed by atoms with van der Waals surface area (Å²) in [6.45, 7) is 4.47. The van der Waals surface area contributed by atoms with Crippen molar-refractivity contribution in [2.75, 3.05) is 31.5 Å². The molecule has 1 N–H and O–H groups in total. The second-order valence-corrected chi connectivity index (χ2v) is 4.86. The molecule has 2 nitrogen and oxygen atoms in total. The molecule has 1 aliphatic rings. The molecule has 2 rings (SSSR count). The van der Waals surface area contributed by atoms with Crippen LogP contribution in [0.5, 0.6) is 0 Å². The van der Waals surface area contributed by atoms with Gasteiger partial charge in [-0.3, -0.25) is 0 Å². The summed E-state index contributed by atoms with van der Waals surface area (Å²) in [4.78, 5) is 2.48. The van der Waals surface area contributed by atoms with Gasteiger partial charge < -0.3 is 10.2 Å². The van der Waals surface area contributed by atoms with Crippen LogP contribution in [-0.4, -0.2) is 31.1 Å². The predicted octanol–water partition coefficient (Wildman–Crippen LogP) is 3.38. The van der Waals surface area contributed by atoms with E-state index in [1.54, 1.807) is 6.07 Å². The maximum Gasteiger partial charge on any atom is 0.124 e. The van der Waals surface area contributed by atoms with Gasteiger partial charge in [0.15, 0.2) is 0 Å². The van der Waals surface area contributed by atoms with Gasteiger partial charge in [-0.15, -0.1) is 0 Å². The minimum Gasteiger partial charge on any atom is -0.384 e. The zero-order valence-corrected chi connectivity index (χ0v) is 10.6. The first-order valence-corrected chi connectivity index (χ1v) is 6.55. The quantitative estimate of drug-likeness (QED) is 0.813. The Labute approximate surface area is 107 Å². The van der Waals surface area contributed by atoms with Crippen LogP contribution in [0, 0.1) is 5.82 Å². The lowest BCUT2D eigenvalue weighted by Gasteiger charge is -2.15. The SMILES string of the molecule is Fc1ccc(NCCCN2CCCC2)c(Cl)c1. The first kappa shape index (κ1) is 12.7. The lowest BCUT2D eigenvalue weighted by Crippen LogP contribution is -2.22. The highest BCUT2D eigenvalue weighted by molar-refractivity contribution is 6.33. The summed E-state index contributed by atoms with van der Waals surface area (Å²) >= 11 is 5.92. The van der Waals surface area contributed by atoms with Crippen LogP contribution in [0.1, 0.15) is 19.3 Å². The summed E-state index contributed by atoms with van der Waals surface area (Å²) in [5.41, 5.74) is 0.814. The van der Waals surface area contributed by atoms with Crippen molar-refractivity contribution in [2.45, 2.75) is 19.3 Å². The van der Waals surface area contributed by atoms with Crippen LogP contribution in [0.3, 0.4) is 0 Å². The lowest BCUT2D eigenvalue weighted by atomic mass is 10.3. The van der Waals surface area contributed by atoms with E-state index < -0.39 is 0 Å². The van der Waals surface area contributed by atoms with Gasteiger partial charge in [-0.05, 0) is 57.1 Å². The van der Waals surface area contributed by atoms with Crippen molar-refractivity contribution in [1.82, 2.24) is 4.90 Å². The Balaban J connectivity index is 1.70. The smallest absolute Gasteiger partial charge is 0.124 e. The van der Waals surface area contributed by atoms with Crippen molar-refractivity contribution in [3.63, 3.8) is 0 Å². The second kappa shape index (κ2) is 6.22. The fraction of sp³-hybridized carbons (Fsp3) is 0.538. The van der Waals surface area contributed by atoms with Crippen molar-refractivity contribution in [2.24, 2.45) is 0 Å². The molecule has 1 heterocycles. The van der Waals surface area contributed by atoms with Crippen molar-refractivity contribution < 1.29 is 4.39 Å². The van der Waals surface area contributed by atoms with Gasteiger partial charge in [-0.1, -0.05) is 11.6 Å². The third-order valence-corrected chi connectivity index (χ3v) is 3.41. The first-order valence-electron chi connectivity index (χ1n) is 6.17. The molecule has 0 aromatic heterocycles. The number of benzene rings is 1. The lowest BCUT2D eigenvalue weighted by molar-refractivity contribution is 0.337. The monoisotopic (exact) mass is 256 g/mol. The molecule has 0 aliphatic carbocycles. The maximum atomic E-state index is 12.8. The summed E-state index contributed by atoms with van der Waals surface area (Å²) < 4.78 is 12.8. The molecular formula is C13H18ClFN2. The van der Waals surface area contributed by atoms with Crippen LogP contribution in [0.15, 0.2) is 18.2 Å². The van der Waals surface area contributed by atoms with Crippen molar-refractivity contribution in [3.05, 3.63) is 29.0 Å². The molecule has 0 atom stereocenters. The number of likely N-dealkylation sites (tertiary alicyclic amines) is 1. The largest absolute Gasteiger partial charge is 0.384 e. The summed E-state index contributed by atoms with van der Waals surface area (Å²) in [5, 5.41) is 3.69. The predicted molar refractivity (Wildman–Crippen MR) is 70.2 cm³/mol. The number of halogens is 2. The molecule has 1 aromatic rings. The molecule has 17 heavy (non-hydrogen) atoms. The van der Waals surface area contributed by atoms with Gasteiger partial charge in [-0.25, -0.2) is 4.39 Å². The number of anilines is 1. The fourth-order valence-electron chi connectivity index (χ4n) is 2.16. The molecular weight excluding hydrogens is 239 g/mol. The first-order chi connectivity index (χ1) is 8.25. The van der Waals surface area contributed by atoms with E-state index in [2.05, 4.69) is 10.2 Å². The number of nitrogens with zero attached hydrogens (tertiary/aromatic N) is 1. The van der Waals surface area contributed by atoms with Gasteiger partial charge in [0, 0.05) is 6.54 Å². The number of hydrogen-bond acceptors (Lipinski definition) is 2. The molecule has 0 amide bonds. The topological polar surface area (TPSA) is 15.3 Å².